The fourth-order valence-electron chi connectivity index (χ4n) is 4.62. The predicted octanol–water partition coefficient (Wildman–Crippen LogP) is 3.23. The largest absolute Gasteiger partial charge is 0.870 e. The average molecular weight is 620 g/mol. The summed E-state index contributed by atoms with van der Waals surface area (Å²) in [5, 5.41) is 18.8. The molecule has 1 heterocycles. The van der Waals surface area contributed by atoms with Crippen LogP contribution < -0.4 is 20.7 Å². The molecule has 0 spiro atoms. The summed E-state index contributed by atoms with van der Waals surface area (Å²) in [6.07, 6.45) is 3.84. The highest BCUT2D eigenvalue weighted by molar-refractivity contribution is 5.96. The summed E-state index contributed by atoms with van der Waals surface area (Å²) in [6, 6.07) is 7.54. The van der Waals surface area contributed by atoms with E-state index in [4.69, 9.17) is 9.15 Å². The quantitative estimate of drug-likeness (QED) is 0.0462. The second-order valence-corrected chi connectivity index (χ2v) is 11.4. The molecule has 0 aliphatic carbocycles. The highest BCUT2D eigenvalue weighted by Crippen LogP contribution is 2.28. The van der Waals surface area contributed by atoms with Crippen molar-refractivity contribution in [1.82, 2.24) is 21.0 Å². The smallest absolute Gasteiger partial charge is 0.288 e. The lowest BCUT2D eigenvalue weighted by Crippen LogP contribution is -2.47. The second kappa shape index (κ2) is 18.7. The highest BCUT2D eigenvalue weighted by atomic mass is 16.5. The van der Waals surface area contributed by atoms with Gasteiger partial charge in [-0.05, 0) is 50.1 Å². The molecule has 2 atom stereocenters. The zero-order valence-corrected chi connectivity index (χ0v) is 26.7. The molecule has 1 unspecified atom stereocenters. The van der Waals surface area contributed by atoms with Crippen molar-refractivity contribution in [3.05, 3.63) is 41.7 Å². The second-order valence-electron chi connectivity index (χ2n) is 11.4. The Morgan fingerprint density at radius 2 is 1.75 bits per heavy atom. The molecule has 0 saturated heterocycles. The Bertz CT molecular complexity index is 1210. The maximum Gasteiger partial charge on any atom is 0.288 e. The molecule has 0 saturated carbocycles. The van der Waals surface area contributed by atoms with Crippen LogP contribution in [-0.4, -0.2) is 97.9 Å². The predicted molar refractivity (Wildman–Crippen MR) is 164 cm³/mol. The van der Waals surface area contributed by atoms with Crippen LogP contribution in [0, 0.1) is 5.92 Å². The first-order valence-corrected chi connectivity index (χ1v) is 14.9. The van der Waals surface area contributed by atoms with Gasteiger partial charge in [-0.1, -0.05) is 33.1 Å². The lowest BCUT2D eigenvalue weighted by atomic mass is 9.90. The molecule has 13 heteroatoms. The van der Waals surface area contributed by atoms with Crippen LogP contribution in [0.15, 0.2) is 34.7 Å². The molecule has 13 nitrogen and oxygen atoms in total. The van der Waals surface area contributed by atoms with Gasteiger partial charge in [-0.2, -0.15) is 0 Å². The molecule has 0 bridgehead atoms. The first-order chi connectivity index (χ1) is 20.4. The van der Waals surface area contributed by atoms with E-state index in [2.05, 4.69) is 16.0 Å². The van der Waals surface area contributed by atoms with Crippen molar-refractivity contribution < 1.29 is 43.5 Å². The number of rotatable bonds is 19. The molecular formula is C31H49N5O8. The van der Waals surface area contributed by atoms with Gasteiger partial charge in [-0.15, -0.1) is 0 Å². The molecule has 2 aromatic rings. The van der Waals surface area contributed by atoms with E-state index in [0.717, 1.165) is 25.8 Å². The maximum absolute atomic E-state index is 13.0. The van der Waals surface area contributed by atoms with Crippen LogP contribution in [0.1, 0.15) is 73.8 Å². The number of benzene rings is 1. The van der Waals surface area contributed by atoms with Crippen molar-refractivity contribution in [2.24, 2.45) is 5.92 Å². The summed E-state index contributed by atoms with van der Waals surface area (Å²) in [7, 11) is 6.14. The Kier molecular flexibility index (Phi) is 16.2. The van der Waals surface area contributed by atoms with Crippen molar-refractivity contribution in [1.29, 1.82) is 0 Å². The van der Waals surface area contributed by atoms with Crippen molar-refractivity contribution >= 4 is 24.1 Å². The summed E-state index contributed by atoms with van der Waals surface area (Å²) in [4.78, 5) is 49.8. The molecule has 0 aliphatic heterocycles. The standard InChI is InChI=1S/C31H47N5O7.H2O/c1-7-10-11-12-25(26(8-2)35(41)21-37)30(39)33-20-34-31(40)28-14-13-27(43-28)22-17-23(19-24(18-22)42-9-3)29(38)32-15-16-36(4,5)6;/h13-14,17-19,21,25-26,41H,7-12,15-16,20H2,1-6H3,(H2-,32,33,34,38,39,40);1H2/t25?,26-;/m1./s1. The molecule has 0 aliphatic rings. The van der Waals surface area contributed by atoms with Crippen LogP contribution in [0.2, 0.25) is 0 Å². The third-order valence-corrected chi connectivity index (χ3v) is 6.96. The number of hydrogen-bond acceptors (Lipinski definition) is 8. The fraction of sp³-hybridized carbons (Fsp3) is 0.548. The Morgan fingerprint density at radius 3 is 2.36 bits per heavy atom. The van der Waals surface area contributed by atoms with Gasteiger partial charge >= 0.3 is 0 Å². The maximum atomic E-state index is 13.0. The van der Waals surface area contributed by atoms with Crippen LogP contribution in [0.25, 0.3) is 11.3 Å². The number of furan rings is 1. The van der Waals surface area contributed by atoms with Gasteiger partial charge in [0.15, 0.2) is 5.76 Å². The van der Waals surface area contributed by atoms with Crippen LogP contribution in [-0.2, 0) is 9.59 Å². The van der Waals surface area contributed by atoms with E-state index in [1.165, 1.54) is 6.07 Å². The molecule has 0 radical (unpaired) electrons. The summed E-state index contributed by atoms with van der Waals surface area (Å²) in [5.41, 5.74) is 0.974. The molecule has 1 aromatic heterocycles. The average Bonchev–Trinajstić information content (AvgIpc) is 3.46. The van der Waals surface area contributed by atoms with E-state index in [9.17, 15) is 24.4 Å². The molecule has 44 heavy (non-hydrogen) atoms. The summed E-state index contributed by atoms with van der Waals surface area (Å²) in [6.45, 7) is 7.20. The van der Waals surface area contributed by atoms with E-state index >= 15 is 0 Å². The van der Waals surface area contributed by atoms with Gasteiger partial charge in [0.2, 0.25) is 12.3 Å². The first kappa shape index (κ1) is 38.1. The van der Waals surface area contributed by atoms with E-state index in [1.54, 1.807) is 31.2 Å². The molecule has 4 amide bonds. The van der Waals surface area contributed by atoms with Crippen LogP contribution in [0.4, 0.5) is 0 Å². The minimum Gasteiger partial charge on any atom is -0.870 e. The normalized spacial score (nSPS) is 12.3. The number of carbonyl (C=O) groups excluding carboxylic acids is 4. The monoisotopic (exact) mass is 619 g/mol. The lowest BCUT2D eigenvalue weighted by Gasteiger charge is -2.29. The zero-order chi connectivity index (χ0) is 32.0. The van der Waals surface area contributed by atoms with Gasteiger partial charge in [-0.3, -0.25) is 24.4 Å². The van der Waals surface area contributed by atoms with Crippen LogP contribution >= 0.6 is 0 Å². The summed E-state index contributed by atoms with van der Waals surface area (Å²) >= 11 is 0. The van der Waals surface area contributed by atoms with Gasteiger partial charge in [0.05, 0.1) is 59.5 Å². The Morgan fingerprint density at radius 1 is 1.02 bits per heavy atom. The Hall–Kier alpha value is -3.94. The Balaban J connectivity index is 0.00000968. The molecule has 246 valence electrons. The van der Waals surface area contributed by atoms with Crippen molar-refractivity contribution in [2.45, 2.75) is 58.9 Å². The van der Waals surface area contributed by atoms with Gasteiger partial charge in [-0.25, -0.2) is 5.06 Å². The zero-order valence-electron chi connectivity index (χ0n) is 26.7. The SMILES string of the molecule is CCCCCC(C(=O)NCNC(=O)c1ccc(-c2cc(OCC)cc(C(=O)NCC[N+](C)(C)C)c2)o1)[C@@H](CC)N(O)C=O.[OH-]. The number of amides is 4. The lowest BCUT2D eigenvalue weighted by molar-refractivity contribution is -0.869. The first-order valence-electron chi connectivity index (χ1n) is 14.9. The number of hydrogen-bond donors (Lipinski definition) is 4. The molecule has 0 fully saturated rings. The van der Waals surface area contributed by atoms with Crippen molar-refractivity contribution in [2.75, 3.05) is 47.5 Å². The summed E-state index contributed by atoms with van der Waals surface area (Å²) < 4.78 is 12.2. The molecule has 1 aromatic carbocycles. The van der Waals surface area contributed by atoms with E-state index in [0.29, 0.717) is 64.6 Å². The minimum absolute atomic E-state index is 0. The van der Waals surface area contributed by atoms with Crippen molar-refractivity contribution in [3.63, 3.8) is 0 Å². The van der Waals surface area contributed by atoms with Gasteiger partial charge < -0.3 is 35.1 Å². The van der Waals surface area contributed by atoms with E-state index in [1.807, 2.05) is 35.0 Å². The molecular weight excluding hydrogens is 570 g/mol. The van der Waals surface area contributed by atoms with E-state index in [-0.39, 0.29) is 29.7 Å². The third-order valence-electron chi connectivity index (χ3n) is 6.96. The number of nitrogens with zero attached hydrogens (tertiary/aromatic N) is 2. The van der Waals surface area contributed by atoms with Crippen LogP contribution in [0.3, 0.4) is 0 Å². The number of hydroxylamine groups is 2. The summed E-state index contributed by atoms with van der Waals surface area (Å²) in [5.74, 6) is -0.899. The highest BCUT2D eigenvalue weighted by Gasteiger charge is 2.30. The van der Waals surface area contributed by atoms with Gasteiger partial charge in [0.1, 0.15) is 11.5 Å². The van der Waals surface area contributed by atoms with Crippen LogP contribution in [0.5, 0.6) is 5.75 Å². The third kappa shape index (κ3) is 12.0. The molecule has 5 N–H and O–H groups in total. The number of carbonyl (C=O) groups is 4. The van der Waals surface area contributed by atoms with Gasteiger partial charge in [0, 0.05) is 11.1 Å². The number of likely N-dealkylation sites (N-methyl/N-ethyl adjacent to an activating group) is 1. The van der Waals surface area contributed by atoms with Crippen molar-refractivity contribution in [3.8, 4) is 17.1 Å². The Labute approximate surface area is 259 Å². The van der Waals surface area contributed by atoms with Gasteiger partial charge in [0.25, 0.3) is 11.8 Å². The minimum atomic E-state index is -0.672. The number of unbranched alkanes of at least 4 members (excludes halogenated alkanes) is 2. The number of ether oxygens (including phenoxy) is 1. The topological polar surface area (TPSA) is 180 Å². The fourth-order valence-corrected chi connectivity index (χ4v) is 4.62. The van der Waals surface area contributed by atoms with E-state index < -0.39 is 17.9 Å². The number of quaternary nitrogens is 1. The number of nitrogens with one attached hydrogen (secondary N) is 3. The molecule has 2 rings (SSSR count).